The summed E-state index contributed by atoms with van der Waals surface area (Å²) in [6, 6.07) is 6.31. The molecule has 1 saturated carbocycles. The van der Waals surface area contributed by atoms with Gasteiger partial charge in [-0.2, -0.15) is 9.78 Å². The number of anilines is 1. The van der Waals surface area contributed by atoms with E-state index in [1.807, 2.05) is 0 Å². The molecule has 2 fully saturated rings. The average molecular weight is 585 g/mol. The molecule has 4 unspecified atom stereocenters. The van der Waals surface area contributed by atoms with E-state index in [2.05, 4.69) is 20.7 Å². The molecule has 0 radical (unpaired) electrons. The first-order valence-corrected chi connectivity index (χ1v) is 13.0. The first-order chi connectivity index (χ1) is 20.1. The van der Waals surface area contributed by atoms with E-state index in [1.54, 1.807) is 24.3 Å². The van der Waals surface area contributed by atoms with Crippen molar-refractivity contribution in [3.8, 4) is 5.75 Å². The highest BCUT2D eigenvalue weighted by molar-refractivity contribution is 6.07. The van der Waals surface area contributed by atoms with Gasteiger partial charge in [0.15, 0.2) is 35.3 Å². The van der Waals surface area contributed by atoms with Crippen molar-refractivity contribution in [2.75, 3.05) is 19.0 Å². The minimum atomic E-state index is -1.40. The molecule has 1 N–H and O–H groups in total. The van der Waals surface area contributed by atoms with Crippen molar-refractivity contribution in [2.24, 2.45) is 0 Å². The number of aromatic nitrogens is 5. The molecule has 222 valence electrons. The number of nitrogens with one attached hydrogen (secondary N) is 1. The smallest absolute Gasteiger partial charge is 0.303 e. The number of ether oxygens (including phenoxy) is 5. The van der Waals surface area contributed by atoms with Gasteiger partial charge in [-0.05, 0) is 37.1 Å². The molecule has 4 atom stereocenters. The fourth-order valence-electron chi connectivity index (χ4n) is 4.61. The molecule has 3 heterocycles. The Hall–Kier alpha value is -4.86. The number of hydrogen-bond acceptors (Lipinski definition) is 13. The molecule has 1 aliphatic carbocycles. The Morgan fingerprint density at radius 1 is 0.976 bits per heavy atom. The van der Waals surface area contributed by atoms with Gasteiger partial charge in [0, 0.05) is 26.3 Å². The van der Waals surface area contributed by atoms with E-state index in [9.17, 15) is 24.0 Å². The summed E-state index contributed by atoms with van der Waals surface area (Å²) < 4.78 is 29.2. The molecule has 1 saturated heterocycles. The molecule has 1 aliphatic heterocycles. The van der Waals surface area contributed by atoms with E-state index < -0.39 is 53.9 Å². The van der Waals surface area contributed by atoms with E-state index in [4.69, 9.17) is 23.7 Å². The summed E-state index contributed by atoms with van der Waals surface area (Å²) in [5, 5.41) is 15.3. The van der Waals surface area contributed by atoms with E-state index >= 15 is 0 Å². The summed E-state index contributed by atoms with van der Waals surface area (Å²) in [6.07, 6.45) is -3.55. The lowest BCUT2D eigenvalue weighted by molar-refractivity contribution is -0.166. The summed E-state index contributed by atoms with van der Waals surface area (Å²) in [6.45, 7) is 3.12. The third-order valence-electron chi connectivity index (χ3n) is 6.60. The minimum Gasteiger partial charge on any atom is -0.497 e. The van der Waals surface area contributed by atoms with Crippen molar-refractivity contribution < 1.29 is 42.9 Å². The summed E-state index contributed by atoms with van der Waals surface area (Å²) >= 11 is 0. The van der Waals surface area contributed by atoms with Gasteiger partial charge in [-0.25, -0.2) is 0 Å². The number of carbonyl (C=O) groups is 4. The minimum absolute atomic E-state index is 0.0314. The van der Waals surface area contributed by atoms with Crippen molar-refractivity contribution in [3.05, 3.63) is 40.2 Å². The van der Waals surface area contributed by atoms with Crippen LogP contribution in [0.5, 0.6) is 5.75 Å². The van der Waals surface area contributed by atoms with Crippen LogP contribution in [0.4, 0.5) is 5.82 Å². The van der Waals surface area contributed by atoms with Gasteiger partial charge in [-0.15, -0.1) is 5.10 Å². The summed E-state index contributed by atoms with van der Waals surface area (Å²) in [4.78, 5) is 62.2. The lowest BCUT2D eigenvalue weighted by atomic mass is 10.1. The number of rotatable bonds is 9. The van der Waals surface area contributed by atoms with Crippen LogP contribution < -0.4 is 15.6 Å². The third-order valence-corrected chi connectivity index (χ3v) is 6.60. The van der Waals surface area contributed by atoms with Crippen LogP contribution in [-0.2, 0) is 33.3 Å². The quantitative estimate of drug-likeness (QED) is 0.276. The number of nitrogens with zero attached hydrogens (tertiary/aromatic N) is 5. The van der Waals surface area contributed by atoms with Gasteiger partial charge in [0.2, 0.25) is 0 Å². The van der Waals surface area contributed by atoms with Crippen LogP contribution in [0.3, 0.4) is 0 Å². The first kappa shape index (κ1) is 28.7. The molecule has 2 aromatic heterocycles. The van der Waals surface area contributed by atoms with Crippen LogP contribution in [0.2, 0.25) is 0 Å². The number of benzene rings is 1. The molecule has 2 aliphatic rings. The highest BCUT2D eigenvalue weighted by Gasteiger charge is 2.52. The van der Waals surface area contributed by atoms with E-state index in [1.165, 1.54) is 18.7 Å². The lowest BCUT2D eigenvalue weighted by Gasteiger charge is -2.23. The van der Waals surface area contributed by atoms with Crippen LogP contribution >= 0.6 is 0 Å². The van der Waals surface area contributed by atoms with Gasteiger partial charge in [0.25, 0.3) is 11.5 Å². The van der Waals surface area contributed by atoms with Gasteiger partial charge < -0.3 is 29.0 Å². The Morgan fingerprint density at radius 2 is 1.64 bits per heavy atom. The second kappa shape index (κ2) is 11.6. The second-order valence-electron chi connectivity index (χ2n) is 9.76. The van der Waals surface area contributed by atoms with Crippen LogP contribution in [0, 0.1) is 0 Å². The molecule has 16 heteroatoms. The normalized spacial score (nSPS) is 21.5. The van der Waals surface area contributed by atoms with Crippen molar-refractivity contribution in [3.63, 3.8) is 0 Å². The molecule has 16 nitrogen and oxygen atoms in total. The second-order valence-corrected chi connectivity index (χ2v) is 9.76. The van der Waals surface area contributed by atoms with Gasteiger partial charge in [0.1, 0.15) is 18.5 Å². The first-order valence-electron chi connectivity index (χ1n) is 13.0. The molecule has 1 amide bonds. The lowest BCUT2D eigenvalue weighted by Crippen LogP contribution is -2.42. The maximum Gasteiger partial charge on any atom is 0.303 e. The number of esters is 3. The molecule has 3 aromatic rings. The third kappa shape index (κ3) is 5.79. The Bertz CT molecular complexity index is 1600. The van der Waals surface area contributed by atoms with Crippen LogP contribution in [0.25, 0.3) is 11.0 Å². The van der Waals surface area contributed by atoms with Crippen LogP contribution in [-0.4, -0.2) is 80.6 Å². The SMILES string of the molecule is COc1ccc(C(=O)Nc2nn(C3CC3)c3c(=O)n(C4OC(COC(C)=O)C(OC(C)=O)C4OC(C)=O)nnc23)cc1. The predicted molar refractivity (Wildman–Crippen MR) is 140 cm³/mol. The molecule has 5 rings (SSSR count). The number of carbonyl (C=O) groups excluding carboxylic acids is 4. The summed E-state index contributed by atoms with van der Waals surface area (Å²) in [5.41, 5.74) is -0.304. The average Bonchev–Trinajstić information content (AvgIpc) is 3.66. The van der Waals surface area contributed by atoms with Crippen molar-refractivity contribution in [1.82, 2.24) is 24.8 Å². The fourth-order valence-corrected chi connectivity index (χ4v) is 4.61. The van der Waals surface area contributed by atoms with Gasteiger partial charge >= 0.3 is 17.9 Å². The Balaban J connectivity index is 1.53. The van der Waals surface area contributed by atoms with Crippen LogP contribution in [0.15, 0.2) is 29.1 Å². The Morgan fingerprint density at radius 3 is 2.24 bits per heavy atom. The highest BCUT2D eigenvalue weighted by atomic mass is 16.7. The monoisotopic (exact) mass is 584 g/mol. The van der Waals surface area contributed by atoms with Gasteiger partial charge in [-0.1, -0.05) is 5.21 Å². The summed E-state index contributed by atoms with van der Waals surface area (Å²) in [7, 11) is 1.51. The van der Waals surface area contributed by atoms with E-state index in [0.29, 0.717) is 11.3 Å². The maximum absolute atomic E-state index is 13.9. The van der Waals surface area contributed by atoms with Crippen molar-refractivity contribution >= 4 is 40.7 Å². The molecule has 1 aromatic carbocycles. The van der Waals surface area contributed by atoms with Crippen LogP contribution in [0.1, 0.15) is 56.2 Å². The maximum atomic E-state index is 13.9. The van der Waals surface area contributed by atoms with Gasteiger partial charge in [0.05, 0.1) is 13.2 Å². The zero-order valence-electron chi connectivity index (χ0n) is 23.1. The largest absolute Gasteiger partial charge is 0.497 e. The molecular weight excluding hydrogens is 556 g/mol. The fraction of sp³-hybridized carbons (Fsp3) is 0.462. The topological polar surface area (TPSA) is 192 Å². The standard InChI is InChI=1S/C26H28N6O10/c1-12(33)39-11-18-21(40-13(2)34)22(41-14(3)35)26(42-18)32-25(37)20-19(28-30-32)23(29-31(20)16-7-8-16)27-24(36)15-5-9-17(38-4)10-6-15/h5-6,9-10,16,18,21-22,26H,7-8,11H2,1-4H3,(H,27,29,36). The zero-order chi connectivity index (χ0) is 30.1. The predicted octanol–water partition coefficient (Wildman–Crippen LogP) is 0.908. The highest BCUT2D eigenvalue weighted by Crippen LogP contribution is 2.38. The van der Waals surface area contributed by atoms with E-state index in [-0.39, 0.29) is 29.5 Å². The molecule has 42 heavy (non-hydrogen) atoms. The summed E-state index contributed by atoms with van der Waals surface area (Å²) in [5.74, 6) is -1.96. The zero-order valence-corrected chi connectivity index (χ0v) is 23.1. The van der Waals surface area contributed by atoms with E-state index in [0.717, 1.165) is 31.4 Å². The van der Waals surface area contributed by atoms with Crippen molar-refractivity contribution in [1.29, 1.82) is 0 Å². The molecular formula is C26H28N6O10. The number of hydrogen-bond donors (Lipinski definition) is 1. The number of fused-ring (bicyclic) bond motifs is 1. The van der Waals surface area contributed by atoms with Crippen molar-refractivity contribution in [2.45, 2.75) is 64.2 Å². The van der Waals surface area contributed by atoms with Gasteiger partial charge in [-0.3, -0.25) is 28.7 Å². The Labute approximate surface area is 237 Å². The Kier molecular flexibility index (Phi) is 7.89. The number of methoxy groups -OCH3 is 1. The molecule has 0 spiro atoms. The number of amides is 1. The molecule has 0 bridgehead atoms.